The van der Waals surface area contributed by atoms with E-state index in [0.717, 1.165) is 42.3 Å². The number of carbonyl (C=O) groups excluding carboxylic acids is 1. The lowest BCUT2D eigenvalue weighted by molar-refractivity contribution is 0.0649. The minimum Gasteiger partial charge on any atom is -0.496 e. The van der Waals surface area contributed by atoms with Gasteiger partial charge in [-0.05, 0) is 30.7 Å². The fourth-order valence-corrected chi connectivity index (χ4v) is 4.48. The van der Waals surface area contributed by atoms with Crippen molar-refractivity contribution >= 4 is 12.0 Å². The molecule has 3 heterocycles. The minimum absolute atomic E-state index is 0.0101. The first-order chi connectivity index (χ1) is 18.1. The Morgan fingerprint density at radius 2 is 1.76 bits per heavy atom. The summed E-state index contributed by atoms with van der Waals surface area (Å²) < 4.78 is 7.10. The number of ether oxygens (including phenoxy) is 1. The predicted molar refractivity (Wildman–Crippen MR) is 144 cm³/mol. The fourth-order valence-electron chi connectivity index (χ4n) is 4.48. The molecule has 5 rings (SSSR count). The normalized spacial score (nSPS) is 14.3. The highest BCUT2D eigenvalue weighted by molar-refractivity contribution is 5.95. The second-order valence-electron chi connectivity index (χ2n) is 8.90. The average molecular weight is 495 g/mol. The summed E-state index contributed by atoms with van der Waals surface area (Å²) in [5.41, 5.74) is 4.08. The topological polar surface area (TPSA) is 76.4 Å². The zero-order chi connectivity index (χ0) is 25.6. The predicted octanol–water partition coefficient (Wildman–Crippen LogP) is 4.12. The number of carbonyl (C=O) groups is 1. The lowest BCUT2D eigenvalue weighted by atomic mass is 10.1. The van der Waals surface area contributed by atoms with E-state index in [2.05, 4.69) is 39.3 Å². The number of para-hydroxylation sites is 1. The maximum atomic E-state index is 13.3. The number of methoxy groups -OCH3 is 1. The van der Waals surface area contributed by atoms with Crippen LogP contribution in [-0.4, -0.2) is 75.3 Å². The van der Waals surface area contributed by atoms with Gasteiger partial charge in [0.25, 0.3) is 11.9 Å². The van der Waals surface area contributed by atoms with Crippen LogP contribution in [0, 0.1) is 6.92 Å². The van der Waals surface area contributed by atoms with Crippen molar-refractivity contribution in [1.82, 2.24) is 29.5 Å². The number of hydrogen-bond acceptors (Lipinski definition) is 6. The Balaban J connectivity index is 1.25. The van der Waals surface area contributed by atoms with Crippen LogP contribution in [0.1, 0.15) is 21.6 Å². The lowest BCUT2D eigenvalue weighted by Gasteiger charge is -2.34. The Morgan fingerprint density at radius 1 is 1.00 bits per heavy atom. The highest BCUT2D eigenvalue weighted by Crippen LogP contribution is 2.28. The Kier molecular flexibility index (Phi) is 7.37. The van der Waals surface area contributed by atoms with Crippen LogP contribution in [0.4, 0.5) is 0 Å². The molecule has 1 amide bonds. The second kappa shape index (κ2) is 11.2. The van der Waals surface area contributed by atoms with Gasteiger partial charge in [-0.3, -0.25) is 9.69 Å². The van der Waals surface area contributed by atoms with Gasteiger partial charge in [0.05, 0.1) is 30.3 Å². The van der Waals surface area contributed by atoms with E-state index in [-0.39, 0.29) is 5.91 Å². The first-order valence-electron chi connectivity index (χ1n) is 12.4. The first kappa shape index (κ1) is 24.4. The maximum absolute atomic E-state index is 13.3. The van der Waals surface area contributed by atoms with Crippen LogP contribution in [0.5, 0.6) is 5.75 Å². The van der Waals surface area contributed by atoms with Crippen molar-refractivity contribution in [1.29, 1.82) is 0 Å². The fraction of sp³-hybridized carbons (Fsp3) is 0.241. The van der Waals surface area contributed by atoms with E-state index in [9.17, 15) is 4.79 Å². The van der Waals surface area contributed by atoms with Gasteiger partial charge in [-0.2, -0.15) is 5.10 Å². The van der Waals surface area contributed by atoms with Crippen molar-refractivity contribution in [2.45, 2.75) is 6.92 Å². The Labute approximate surface area is 216 Å². The molecule has 0 aliphatic carbocycles. The summed E-state index contributed by atoms with van der Waals surface area (Å²) in [4.78, 5) is 26.7. The van der Waals surface area contributed by atoms with Crippen LogP contribution < -0.4 is 4.74 Å². The molecule has 0 bridgehead atoms. The van der Waals surface area contributed by atoms with Gasteiger partial charge in [0.15, 0.2) is 0 Å². The molecule has 1 saturated heterocycles. The van der Waals surface area contributed by atoms with Crippen LogP contribution in [-0.2, 0) is 0 Å². The van der Waals surface area contributed by atoms with Crippen LogP contribution in [0.3, 0.4) is 0 Å². The molecular weight excluding hydrogens is 464 g/mol. The number of aromatic nitrogens is 4. The molecule has 1 aliphatic rings. The Morgan fingerprint density at radius 3 is 2.54 bits per heavy atom. The third-order valence-corrected chi connectivity index (χ3v) is 6.59. The molecule has 0 unspecified atom stereocenters. The summed E-state index contributed by atoms with van der Waals surface area (Å²) in [6.45, 7) is 5.78. The van der Waals surface area contributed by atoms with E-state index in [1.54, 1.807) is 24.2 Å². The highest BCUT2D eigenvalue weighted by Gasteiger charge is 2.25. The van der Waals surface area contributed by atoms with Gasteiger partial charge in [-0.25, -0.2) is 14.6 Å². The van der Waals surface area contributed by atoms with Gasteiger partial charge in [-0.1, -0.05) is 54.6 Å². The van der Waals surface area contributed by atoms with Crippen LogP contribution in [0.15, 0.2) is 79.1 Å². The van der Waals surface area contributed by atoms with Gasteiger partial charge in [0.1, 0.15) is 5.75 Å². The SMILES string of the molecule is COc1ccccc1-c1ccnc(-n2ncc(C(=O)N3CCN(C/C=C/c4ccccc4)CC3)c2C)n1. The van der Waals surface area contributed by atoms with Crippen molar-refractivity contribution in [3.8, 4) is 23.0 Å². The monoisotopic (exact) mass is 494 g/mol. The van der Waals surface area contributed by atoms with Crippen molar-refractivity contribution in [3.05, 3.63) is 96.0 Å². The standard InChI is InChI=1S/C29H30N6O2/c1-22-25(28(36)34-19-17-33(18-20-34)16-8-11-23-9-4-3-5-10-23)21-31-35(22)29-30-15-14-26(32-29)24-12-6-7-13-27(24)37-2/h3-15,21H,16-20H2,1-2H3/b11-8+. The Hall–Kier alpha value is -4.30. The van der Waals surface area contributed by atoms with E-state index >= 15 is 0 Å². The summed E-state index contributed by atoms with van der Waals surface area (Å²) in [5.74, 6) is 1.13. The number of piperazine rings is 1. The third kappa shape index (κ3) is 5.44. The molecular formula is C29H30N6O2. The molecule has 37 heavy (non-hydrogen) atoms. The number of nitrogens with zero attached hydrogens (tertiary/aromatic N) is 6. The molecule has 8 nitrogen and oxygen atoms in total. The first-order valence-corrected chi connectivity index (χ1v) is 12.4. The average Bonchev–Trinajstić information content (AvgIpc) is 3.34. The molecule has 2 aromatic carbocycles. The number of benzene rings is 2. The highest BCUT2D eigenvalue weighted by atomic mass is 16.5. The van der Waals surface area contributed by atoms with Crippen LogP contribution in [0.25, 0.3) is 23.3 Å². The van der Waals surface area contributed by atoms with E-state index in [0.29, 0.717) is 24.6 Å². The molecule has 1 aliphatic heterocycles. The molecule has 4 aromatic rings. The molecule has 8 heteroatoms. The molecule has 0 radical (unpaired) electrons. The van der Waals surface area contributed by atoms with Crippen LogP contribution in [0.2, 0.25) is 0 Å². The molecule has 2 aromatic heterocycles. The quantitative estimate of drug-likeness (QED) is 0.385. The van der Waals surface area contributed by atoms with Gasteiger partial charge in [0.2, 0.25) is 0 Å². The summed E-state index contributed by atoms with van der Waals surface area (Å²) in [7, 11) is 1.64. The van der Waals surface area contributed by atoms with E-state index in [1.165, 1.54) is 5.56 Å². The molecule has 1 fully saturated rings. The molecule has 0 saturated carbocycles. The molecule has 0 N–H and O–H groups in total. The lowest BCUT2D eigenvalue weighted by Crippen LogP contribution is -2.48. The summed E-state index contributed by atoms with van der Waals surface area (Å²) in [5, 5.41) is 4.46. The van der Waals surface area contributed by atoms with E-state index in [1.807, 2.05) is 60.4 Å². The zero-order valence-electron chi connectivity index (χ0n) is 21.1. The molecule has 188 valence electrons. The smallest absolute Gasteiger partial charge is 0.257 e. The summed E-state index contributed by atoms with van der Waals surface area (Å²) in [6.07, 6.45) is 7.63. The number of hydrogen-bond donors (Lipinski definition) is 0. The number of amides is 1. The van der Waals surface area contributed by atoms with E-state index in [4.69, 9.17) is 9.72 Å². The largest absolute Gasteiger partial charge is 0.496 e. The van der Waals surface area contributed by atoms with Crippen molar-refractivity contribution in [3.63, 3.8) is 0 Å². The van der Waals surface area contributed by atoms with Gasteiger partial charge < -0.3 is 9.64 Å². The second-order valence-corrected chi connectivity index (χ2v) is 8.90. The molecule has 0 spiro atoms. The van der Waals surface area contributed by atoms with Crippen molar-refractivity contribution < 1.29 is 9.53 Å². The van der Waals surface area contributed by atoms with Crippen LogP contribution >= 0.6 is 0 Å². The van der Waals surface area contributed by atoms with Gasteiger partial charge in [-0.15, -0.1) is 0 Å². The summed E-state index contributed by atoms with van der Waals surface area (Å²) in [6, 6.07) is 19.8. The Bertz CT molecular complexity index is 1390. The number of rotatable bonds is 7. The van der Waals surface area contributed by atoms with Gasteiger partial charge in [0, 0.05) is 44.5 Å². The summed E-state index contributed by atoms with van der Waals surface area (Å²) >= 11 is 0. The minimum atomic E-state index is -0.0101. The molecule has 0 atom stereocenters. The van der Waals surface area contributed by atoms with Gasteiger partial charge >= 0.3 is 0 Å². The van der Waals surface area contributed by atoms with Crippen molar-refractivity contribution in [2.24, 2.45) is 0 Å². The zero-order valence-corrected chi connectivity index (χ0v) is 21.1. The third-order valence-electron chi connectivity index (χ3n) is 6.59. The van der Waals surface area contributed by atoms with Crippen molar-refractivity contribution in [2.75, 3.05) is 39.8 Å². The van der Waals surface area contributed by atoms with E-state index < -0.39 is 0 Å². The maximum Gasteiger partial charge on any atom is 0.257 e.